The van der Waals surface area contributed by atoms with E-state index in [1.807, 2.05) is 0 Å². The molecule has 1 unspecified atom stereocenters. The molecule has 0 aromatic heterocycles. The van der Waals surface area contributed by atoms with Gasteiger partial charge in [0.15, 0.2) is 0 Å². The highest BCUT2D eigenvalue weighted by atomic mass is 35.5. The molecule has 0 bridgehead atoms. The van der Waals surface area contributed by atoms with E-state index in [2.05, 4.69) is 5.32 Å². The van der Waals surface area contributed by atoms with Crippen molar-refractivity contribution in [1.82, 2.24) is 10.2 Å². The van der Waals surface area contributed by atoms with Gasteiger partial charge in [0, 0.05) is 34.2 Å². The van der Waals surface area contributed by atoms with Crippen LogP contribution in [-0.2, 0) is 26.2 Å². The Hall–Kier alpha value is -2.98. The number of ether oxygens (including phenoxy) is 1. The Morgan fingerprint density at radius 3 is 2.15 bits per heavy atom. The first kappa shape index (κ1) is 30.6. The van der Waals surface area contributed by atoms with E-state index >= 15 is 0 Å². The maximum atomic E-state index is 13.9. The number of carbonyl (C=O) groups is 2. The molecule has 0 aliphatic heterocycles. The standard InChI is InChI=1S/C27H28Cl3N3O5S/c1-4-38-25-11-6-5-10-24(25)33(39(36,37)20-14-12-19(28)13-15-20)17-26(34)32(18(2)27(35)31-3)16-21-22(29)8-7-9-23(21)30/h5-15,18H,4,16-17H2,1-3H3,(H,31,35). The van der Waals surface area contributed by atoms with E-state index in [1.54, 1.807) is 49.4 Å². The lowest BCUT2D eigenvalue weighted by Crippen LogP contribution is -2.50. The average molecular weight is 613 g/mol. The van der Waals surface area contributed by atoms with Gasteiger partial charge in [-0.05, 0) is 62.4 Å². The van der Waals surface area contributed by atoms with Crippen molar-refractivity contribution in [3.8, 4) is 5.75 Å². The van der Waals surface area contributed by atoms with Gasteiger partial charge in [0.1, 0.15) is 18.3 Å². The molecule has 0 heterocycles. The number of carbonyl (C=O) groups excluding carboxylic acids is 2. The number of nitrogens with zero attached hydrogens (tertiary/aromatic N) is 2. The van der Waals surface area contributed by atoms with E-state index in [-0.39, 0.29) is 29.5 Å². The molecule has 1 N–H and O–H groups in total. The molecule has 208 valence electrons. The quantitative estimate of drug-likeness (QED) is 0.313. The van der Waals surface area contributed by atoms with Crippen LogP contribution in [0.2, 0.25) is 15.1 Å². The molecule has 2 amide bonds. The molecule has 0 saturated heterocycles. The zero-order valence-corrected chi connectivity index (χ0v) is 24.6. The first-order valence-corrected chi connectivity index (χ1v) is 14.5. The zero-order valence-electron chi connectivity index (χ0n) is 21.5. The summed E-state index contributed by atoms with van der Waals surface area (Å²) < 4.78 is 34.5. The van der Waals surface area contributed by atoms with E-state index in [9.17, 15) is 18.0 Å². The Bertz CT molecular complexity index is 1410. The van der Waals surface area contributed by atoms with E-state index < -0.39 is 34.4 Å². The van der Waals surface area contributed by atoms with Gasteiger partial charge in [-0.3, -0.25) is 13.9 Å². The van der Waals surface area contributed by atoms with Crippen molar-refractivity contribution in [3.05, 3.63) is 87.4 Å². The monoisotopic (exact) mass is 611 g/mol. The lowest BCUT2D eigenvalue weighted by Gasteiger charge is -2.32. The van der Waals surface area contributed by atoms with Gasteiger partial charge in [-0.25, -0.2) is 8.42 Å². The van der Waals surface area contributed by atoms with Gasteiger partial charge in [-0.1, -0.05) is 53.0 Å². The van der Waals surface area contributed by atoms with Gasteiger partial charge in [0.25, 0.3) is 10.0 Å². The van der Waals surface area contributed by atoms with Crippen LogP contribution in [0, 0.1) is 0 Å². The topological polar surface area (TPSA) is 96.0 Å². The summed E-state index contributed by atoms with van der Waals surface area (Å²) >= 11 is 18.7. The van der Waals surface area contributed by atoms with E-state index in [0.29, 0.717) is 20.6 Å². The molecule has 0 aliphatic rings. The Kier molecular flexibility index (Phi) is 10.5. The first-order valence-electron chi connectivity index (χ1n) is 11.9. The summed E-state index contributed by atoms with van der Waals surface area (Å²) in [5.41, 5.74) is 0.581. The fraction of sp³-hybridized carbons (Fsp3) is 0.259. The van der Waals surface area contributed by atoms with Crippen LogP contribution in [-0.4, -0.2) is 51.4 Å². The van der Waals surface area contributed by atoms with Crippen LogP contribution < -0.4 is 14.4 Å². The minimum atomic E-state index is -4.29. The maximum Gasteiger partial charge on any atom is 0.264 e. The number of sulfonamides is 1. The van der Waals surface area contributed by atoms with Crippen molar-refractivity contribution in [2.45, 2.75) is 31.3 Å². The molecule has 0 aliphatic carbocycles. The van der Waals surface area contributed by atoms with Gasteiger partial charge < -0.3 is 15.0 Å². The third-order valence-corrected chi connectivity index (χ3v) is 8.65. The Labute approximate surface area is 243 Å². The molecule has 0 saturated carbocycles. The minimum Gasteiger partial charge on any atom is -0.492 e. The Morgan fingerprint density at radius 2 is 1.56 bits per heavy atom. The average Bonchev–Trinajstić information content (AvgIpc) is 2.91. The van der Waals surface area contributed by atoms with Gasteiger partial charge in [0.05, 0.1) is 17.2 Å². The van der Waals surface area contributed by atoms with Crippen LogP contribution in [0.4, 0.5) is 5.69 Å². The van der Waals surface area contributed by atoms with Crippen molar-refractivity contribution in [3.63, 3.8) is 0 Å². The number of likely N-dealkylation sites (N-methyl/N-ethyl adjacent to an activating group) is 1. The van der Waals surface area contributed by atoms with E-state index in [1.165, 1.54) is 43.1 Å². The SMILES string of the molecule is CCOc1ccccc1N(CC(=O)N(Cc1c(Cl)cccc1Cl)C(C)C(=O)NC)S(=O)(=O)c1ccc(Cl)cc1. The second-order valence-electron chi connectivity index (χ2n) is 8.38. The summed E-state index contributed by atoms with van der Waals surface area (Å²) in [7, 11) is -2.84. The minimum absolute atomic E-state index is 0.0777. The highest BCUT2D eigenvalue weighted by Gasteiger charge is 2.34. The fourth-order valence-corrected chi connectivity index (χ4v) is 5.90. The van der Waals surface area contributed by atoms with E-state index in [0.717, 1.165) is 4.31 Å². The number of hydrogen-bond donors (Lipinski definition) is 1. The normalized spacial score (nSPS) is 11.9. The number of rotatable bonds is 11. The highest BCUT2D eigenvalue weighted by molar-refractivity contribution is 7.92. The smallest absolute Gasteiger partial charge is 0.264 e. The molecule has 39 heavy (non-hydrogen) atoms. The van der Waals surface area contributed by atoms with Gasteiger partial charge in [-0.15, -0.1) is 0 Å². The molecule has 3 rings (SSSR count). The molecule has 0 spiro atoms. The second kappa shape index (κ2) is 13.4. The zero-order chi connectivity index (χ0) is 28.7. The van der Waals surface area contributed by atoms with Crippen molar-refractivity contribution >= 4 is 62.3 Å². The predicted molar refractivity (Wildman–Crippen MR) is 154 cm³/mol. The molecule has 3 aromatic rings. The van der Waals surface area contributed by atoms with Crippen molar-refractivity contribution in [1.29, 1.82) is 0 Å². The second-order valence-corrected chi connectivity index (χ2v) is 11.5. The van der Waals surface area contributed by atoms with Gasteiger partial charge in [0.2, 0.25) is 11.8 Å². The number of nitrogens with one attached hydrogen (secondary N) is 1. The molecule has 8 nitrogen and oxygen atoms in total. The fourth-order valence-electron chi connectivity index (χ4n) is 3.83. The van der Waals surface area contributed by atoms with Crippen LogP contribution in [0.5, 0.6) is 5.75 Å². The lowest BCUT2D eigenvalue weighted by molar-refractivity contribution is -0.139. The van der Waals surface area contributed by atoms with Crippen LogP contribution in [0.1, 0.15) is 19.4 Å². The summed E-state index contributed by atoms with van der Waals surface area (Å²) in [4.78, 5) is 27.7. The number of para-hydroxylation sites is 2. The Morgan fingerprint density at radius 1 is 0.949 bits per heavy atom. The number of anilines is 1. The third-order valence-electron chi connectivity index (χ3n) is 5.92. The number of benzene rings is 3. The molecule has 0 radical (unpaired) electrons. The number of amides is 2. The summed E-state index contributed by atoms with van der Waals surface area (Å²) in [5.74, 6) is -0.843. The highest BCUT2D eigenvalue weighted by Crippen LogP contribution is 2.33. The maximum absolute atomic E-state index is 13.9. The van der Waals surface area contributed by atoms with Crippen LogP contribution in [0.15, 0.2) is 71.6 Å². The lowest BCUT2D eigenvalue weighted by atomic mass is 10.1. The molecular formula is C27H28Cl3N3O5S. The van der Waals surface area contributed by atoms with Crippen molar-refractivity contribution in [2.24, 2.45) is 0 Å². The van der Waals surface area contributed by atoms with Crippen LogP contribution >= 0.6 is 34.8 Å². The van der Waals surface area contributed by atoms with Gasteiger partial charge >= 0.3 is 0 Å². The summed E-state index contributed by atoms with van der Waals surface area (Å²) in [5, 5.41) is 3.48. The third kappa shape index (κ3) is 7.16. The summed E-state index contributed by atoms with van der Waals surface area (Å²) in [6, 6.07) is 16.0. The van der Waals surface area contributed by atoms with Gasteiger partial charge in [-0.2, -0.15) is 0 Å². The molecule has 0 fully saturated rings. The van der Waals surface area contributed by atoms with Crippen molar-refractivity contribution < 1.29 is 22.7 Å². The van der Waals surface area contributed by atoms with E-state index in [4.69, 9.17) is 39.5 Å². The van der Waals surface area contributed by atoms with Crippen LogP contribution in [0.3, 0.4) is 0 Å². The molecule has 1 atom stereocenters. The Balaban J connectivity index is 2.12. The number of hydrogen-bond acceptors (Lipinski definition) is 5. The molecular weight excluding hydrogens is 585 g/mol. The molecule has 12 heteroatoms. The molecule has 3 aromatic carbocycles. The number of halogens is 3. The van der Waals surface area contributed by atoms with Crippen LogP contribution in [0.25, 0.3) is 0 Å². The largest absolute Gasteiger partial charge is 0.492 e. The summed E-state index contributed by atoms with van der Waals surface area (Å²) in [6.45, 7) is 2.80. The first-order chi connectivity index (χ1) is 18.5. The van der Waals surface area contributed by atoms with Crippen molar-refractivity contribution in [2.75, 3.05) is 24.5 Å². The summed E-state index contributed by atoms with van der Waals surface area (Å²) in [6.07, 6.45) is 0. The predicted octanol–water partition coefficient (Wildman–Crippen LogP) is 5.40.